The molecule has 0 aliphatic rings. The molecule has 0 unspecified atom stereocenters. The van der Waals surface area contributed by atoms with Gasteiger partial charge in [0, 0.05) is 12.0 Å². The monoisotopic (exact) mass is 293 g/mol. The van der Waals surface area contributed by atoms with Crippen LogP contribution in [0.1, 0.15) is 12.0 Å². The van der Waals surface area contributed by atoms with Gasteiger partial charge in [0.1, 0.15) is 5.75 Å². The first-order chi connectivity index (χ1) is 8.80. The summed E-state index contributed by atoms with van der Waals surface area (Å²) in [5, 5.41) is 0. The molecule has 1 amide bonds. The van der Waals surface area contributed by atoms with E-state index >= 15 is 0 Å². The third kappa shape index (κ3) is 5.64. The molecule has 106 valence electrons. The Balaban J connectivity index is 2.83. The Morgan fingerprint density at radius 2 is 1.95 bits per heavy atom. The third-order valence-electron chi connectivity index (χ3n) is 2.22. The molecule has 19 heavy (non-hydrogen) atoms. The Hall–Kier alpha value is -1.70. The van der Waals surface area contributed by atoms with Crippen LogP contribution in [0.15, 0.2) is 24.3 Å². The van der Waals surface area contributed by atoms with E-state index in [1.807, 2.05) is 0 Å². The lowest BCUT2D eigenvalue weighted by molar-refractivity contribution is -0.117. The second-order valence-corrected chi connectivity index (χ2v) is 5.98. The SMILES string of the molecule is NC(=O)CCS(=O)(=O)Cc1ccccc1OC(F)F. The molecule has 0 saturated carbocycles. The van der Waals surface area contributed by atoms with E-state index in [-0.39, 0.29) is 17.7 Å². The fraction of sp³-hybridized carbons (Fsp3) is 0.364. The summed E-state index contributed by atoms with van der Waals surface area (Å²) in [7, 11) is -3.61. The van der Waals surface area contributed by atoms with Gasteiger partial charge in [-0.05, 0) is 6.07 Å². The van der Waals surface area contributed by atoms with Gasteiger partial charge in [-0.25, -0.2) is 8.42 Å². The second kappa shape index (κ2) is 6.46. The Bertz CT molecular complexity index is 545. The van der Waals surface area contributed by atoms with Gasteiger partial charge in [0.2, 0.25) is 5.91 Å². The highest BCUT2D eigenvalue weighted by Crippen LogP contribution is 2.22. The van der Waals surface area contributed by atoms with Crippen molar-refractivity contribution in [2.75, 3.05) is 5.75 Å². The number of carbonyl (C=O) groups is 1. The average molecular weight is 293 g/mol. The van der Waals surface area contributed by atoms with E-state index in [9.17, 15) is 22.0 Å². The lowest BCUT2D eigenvalue weighted by Crippen LogP contribution is -2.18. The van der Waals surface area contributed by atoms with E-state index in [0.29, 0.717) is 0 Å². The van der Waals surface area contributed by atoms with E-state index in [1.165, 1.54) is 24.3 Å². The molecule has 2 N–H and O–H groups in total. The van der Waals surface area contributed by atoms with Crippen LogP contribution in [0.4, 0.5) is 8.78 Å². The summed E-state index contributed by atoms with van der Waals surface area (Å²) in [6.45, 7) is -3.03. The van der Waals surface area contributed by atoms with Crippen LogP contribution in [-0.4, -0.2) is 26.7 Å². The molecule has 0 aliphatic heterocycles. The average Bonchev–Trinajstić information content (AvgIpc) is 2.28. The summed E-state index contributed by atoms with van der Waals surface area (Å²) in [4.78, 5) is 10.5. The lowest BCUT2D eigenvalue weighted by atomic mass is 10.2. The third-order valence-corrected chi connectivity index (χ3v) is 3.80. The first-order valence-electron chi connectivity index (χ1n) is 5.31. The number of sulfone groups is 1. The number of ether oxygens (including phenoxy) is 1. The number of hydrogen-bond donors (Lipinski definition) is 1. The zero-order chi connectivity index (χ0) is 14.5. The van der Waals surface area contributed by atoms with E-state index < -0.39 is 33.9 Å². The van der Waals surface area contributed by atoms with Gasteiger partial charge in [0.15, 0.2) is 9.84 Å². The minimum Gasteiger partial charge on any atom is -0.435 e. The van der Waals surface area contributed by atoms with Crippen LogP contribution >= 0.6 is 0 Å². The molecule has 1 aromatic rings. The van der Waals surface area contributed by atoms with E-state index in [4.69, 9.17) is 5.73 Å². The van der Waals surface area contributed by atoms with Crippen molar-refractivity contribution in [3.63, 3.8) is 0 Å². The van der Waals surface area contributed by atoms with Crippen LogP contribution in [0, 0.1) is 0 Å². The Kier molecular flexibility index (Phi) is 5.22. The Labute approximate surface area is 109 Å². The molecule has 0 aromatic heterocycles. The van der Waals surface area contributed by atoms with Gasteiger partial charge < -0.3 is 10.5 Å². The quantitative estimate of drug-likeness (QED) is 0.815. The molecule has 0 bridgehead atoms. The number of rotatable bonds is 7. The van der Waals surface area contributed by atoms with Gasteiger partial charge in [-0.2, -0.15) is 8.78 Å². The topological polar surface area (TPSA) is 86.5 Å². The predicted octanol–water partition coefficient (Wildman–Crippen LogP) is 1.08. The molecule has 0 radical (unpaired) electrons. The highest BCUT2D eigenvalue weighted by molar-refractivity contribution is 7.90. The molecule has 1 rings (SSSR count). The molecule has 0 fully saturated rings. The molecular formula is C11H13F2NO4S. The molecule has 0 heterocycles. The van der Waals surface area contributed by atoms with Gasteiger partial charge in [0.25, 0.3) is 0 Å². The molecule has 0 spiro atoms. The van der Waals surface area contributed by atoms with Crippen molar-refractivity contribution < 1.29 is 26.7 Å². The van der Waals surface area contributed by atoms with Gasteiger partial charge in [-0.15, -0.1) is 0 Å². The van der Waals surface area contributed by atoms with E-state index in [0.717, 1.165) is 0 Å². The highest BCUT2D eigenvalue weighted by Gasteiger charge is 2.17. The van der Waals surface area contributed by atoms with Crippen molar-refractivity contribution >= 4 is 15.7 Å². The number of alkyl halides is 2. The Morgan fingerprint density at radius 1 is 1.32 bits per heavy atom. The molecule has 0 aliphatic carbocycles. The number of hydrogen-bond acceptors (Lipinski definition) is 4. The molecule has 1 aromatic carbocycles. The maximum Gasteiger partial charge on any atom is 0.387 e. The first-order valence-corrected chi connectivity index (χ1v) is 7.14. The standard InChI is InChI=1S/C11H13F2NO4S/c12-11(13)18-9-4-2-1-3-8(9)7-19(16,17)6-5-10(14)15/h1-4,11H,5-7H2,(H2,14,15). The number of benzene rings is 1. The zero-order valence-electron chi connectivity index (χ0n) is 9.88. The summed E-state index contributed by atoms with van der Waals surface area (Å²) < 4.78 is 51.9. The van der Waals surface area contributed by atoms with E-state index in [1.54, 1.807) is 0 Å². The summed E-state index contributed by atoms with van der Waals surface area (Å²) >= 11 is 0. The summed E-state index contributed by atoms with van der Waals surface area (Å²) in [6.07, 6.45) is -0.305. The maximum atomic E-state index is 12.2. The predicted molar refractivity (Wildman–Crippen MR) is 64.4 cm³/mol. The van der Waals surface area contributed by atoms with Crippen LogP contribution in [0.25, 0.3) is 0 Å². The number of halogens is 2. The molecule has 8 heteroatoms. The van der Waals surface area contributed by atoms with Crippen LogP contribution < -0.4 is 10.5 Å². The van der Waals surface area contributed by atoms with Crippen molar-refractivity contribution in [3.8, 4) is 5.75 Å². The minimum absolute atomic E-state index is 0.118. The second-order valence-electron chi connectivity index (χ2n) is 3.79. The zero-order valence-corrected chi connectivity index (χ0v) is 10.7. The number of para-hydroxylation sites is 1. The van der Waals surface area contributed by atoms with Crippen molar-refractivity contribution in [3.05, 3.63) is 29.8 Å². The van der Waals surface area contributed by atoms with Gasteiger partial charge in [-0.3, -0.25) is 4.79 Å². The van der Waals surface area contributed by atoms with Gasteiger partial charge in [-0.1, -0.05) is 18.2 Å². The van der Waals surface area contributed by atoms with Crippen molar-refractivity contribution in [2.45, 2.75) is 18.8 Å². The largest absolute Gasteiger partial charge is 0.435 e. The lowest BCUT2D eigenvalue weighted by Gasteiger charge is -2.10. The molecule has 5 nitrogen and oxygen atoms in total. The highest BCUT2D eigenvalue weighted by atomic mass is 32.2. The number of primary amides is 1. The number of nitrogens with two attached hydrogens (primary N) is 1. The normalized spacial score (nSPS) is 11.5. The van der Waals surface area contributed by atoms with Crippen LogP contribution in [0.3, 0.4) is 0 Å². The molecular weight excluding hydrogens is 280 g/mol. The maximum absolute atomic E-state index is 12.2. The van der Waals surface area contributed by atoms with Crippen LogP contribution in [0.5, 0.6) is 5.75 Å². The summed E-state index contributed by atoms with van der Waals surface area (Å²) in [5.41, 5.74) is 4.98. The van der Waals surface area contributed by atoms with Gasteiger partial charge in [0.05, 0.1) is 11.5 Å². The smallest absolute Gasteiger partial charge is 0.387 e. The Morgan fingerprint density at radius 3 is 2.53 bits per heavy atom. The molecule has 0 atom stereocenters. The van der Waals surface area contributed by atoms with Crippen LogP contribution in [0.2, 0.25) is 0 Å². The fourth-order valence-electron chi connectivity index (χ4n) is 1.40. The summed E-state index contributed by atoms with van der Waals surface area (Å²) in [5.74, 6) is -1.84. The first kappa shape index (κ1) is 15.4. The molecule has 0 saturated heterocycles. The van der Waals surface area contributed by atoms with Crippen molar-refractivity contribution in [2.24, 2.45) is 5.73 Å². The number of amides is 1. The minimum atomic E-state index is -3.61. The van der Waals surface area contributed by atoms with Crippen molar-refractivity contribution in [1.82, 2.24) is 0 Å². The van der Waals surface area contributed by atoms with Gasteiger partial charge >= 0.3 is 6.61 Å². The fourth-order valence-corrected chi connectivity index (χ4v) is 2.77. The summed E-state index contributed by atoms with van der Waals surface area (Å²) in [6, 6.07) is 5.60. The number of carbonyl (C=O) groups excluding carboxylic acids is 1. The van der Waals surface area contributed by atoms with Crippen molar-refractivity contribution in [1.29, 1.82) is 0 Å². The van der Waals surface area contributed by atoms with E-state index in [2.05, 4.69) is 4.74 Å². The van der Waals surface area contributed by atoms with Crippen LogP contribution in [-0.2, 0) is 20.4 Å².